The molecule has 0 saturated heterocycles. The molecule has 2 aromatic rings. The number of hydrogen-bond acceptors (Lipinski definition) is 4. The second-order valence-corrected chi connectivity index (χ2v) is 4.16. The van der Waals surface area contributed by atoms with Gasteiger partial charge in [-0.3, -0.25) is 4.79 Å². The third kappa shape index (κ3) is 4.54. The quantitative estimate of drug-likeness (QED) is 0.499. The zero-order valence-corrected chi connectivity index (χ0v) is 11.3. The molecule has 0 saturated carbocycles. The average molecular weight is 278 g/mol. The van der Waals surface area contributed by atoms with Crippen LogP contribution in [0.15, 0.2) is 88.9 Å². The zero-order chi connectivity index (χ0) is 14.9. The van der Waals surface area contributed by atoms with E-state index < -0.39 is 5.78 Å². The molecule has 0 aliphatic rings. The predicted molar refractivity (Wildman–Crippen MR) is 82.2 cm³/mol. The van der Waals surface area contributed by atoms with Gasteiger partial charge in [0.15, 0.2) is 5.70 Å². The number of carbonyl (C=O) groups is 1. The fourth-order valence-corrected chi connectivity index (χ4v) is 1.57. The molecule has 0 atom stereocenters. The van der Waals surface area contributed by atoms with Crippen LogP contribution in [0.1, 0.15) is 5.56 Å². The van der Waals surface area contributed by atoms with Gasteiger partial charge in [0.25, 0.3) is 0 Å². The summed E-state index contributed by atoms with van der Waals surface area (Å²) >= 11 is 0. The van der Waals surface area contributed by atoms with Crippen molar-refractivity contribution in [2.75, 3.05) is 0 Å². The van der Waals surface area contributed by atoms with Crippen LogP contribution in [-0.2, 0) is 4.79 Å². The number of hydrogen-bond donors (Lipinski definition) is 1. The molecule has 4 heteroatoms. The van der Waals surface area contributed by atoms with E-state index in [2.05, 4.69) is 10.2 Å². The van der Waals surface area contributed by atoms with E-state index >= 15 is 0 Å². The highest BCUT2D eigenvalue weighted by Gasteiger charge is 2.05. The first kappa shape index (κ1) is 14.4. The number of carbonyl (C=O) groups excluding carboxylic acids is 1. The van der Waals surface area contributed by atoms with Crippen molar-refractivity contribution in [3.05, 3.63) is 84.3 Å². The van der Waals surface area contributed by atoms with Gasteiger partial charge in [-0.1, -0.05) is 54.6 Å². The standard InChI is InChI=1S/C17H14N2O2/c20-13-16(19-18-15-9-5-2-6-10-15)17(21)12-11-14-7-3-1-4-8-14/h1-13,20H/b12-11+,16-13+,19-18?. The summed E-state index contributed by atoms with van der Waals surface area (Å²) in [6, 6.07) is 18.4. The fraction of sp³-hybridized carbons (Fsp3) is 0. The largest absolute Gasteiger partial charge is 0.513 e. The summed E-state index contributed by atoms with van der Waals surface area (Å²) in [6.07, 6.45) is 3.66. The smallest absolute Gasteiger partial charge is 0.209 e. The van der Waals surface area contributed by atoms with Crippen LogP contribution in [-0.4, -0.2) is 10.9 Å². The second kappa shape index (κ2) is 7.55. The predicted octanol–water partition coefficient (Wildman–Crippen LogP) is 4.45. The summed E-state index contributed by atoms with van der Waals surface area (Å²) in [4.78, 5) is 11.9. The number of ketones is 1. The van der Waals surface area contributed by atoms with Gasteiger partial charge in [0.1, 0.15) is 6.26 Å². The van der Waals surface area contributed by atoms with Gasteiger partial charge >= 0.3 is 0 Å². The van der Waals surface area contributed by atoms with Crippen molar-refractivity contribution in [1.82, 2.24) is 0 Å². The highest BCUT2D eigenvalue weighted by Crippen LogP contribution is 2.13. The highest BCUT2D eigenvalue weighted by molar-refractivity contribution is 6.05. The van der Waals surface area contributed by atoms with Crippen LogP contribution in [0, 0.1) is 0 Å². The Morgan fingerprint density at radius 2 is 1.57 bits per heavy atom. The first-order valence-electron chi connectivity index (χ1n) is 6.38. The second-order valence-electron chi connectivity index (χ2n) is 4.16. The molecule has 1 N–H and O–H groups in total. The number of aliphatic hydroxyl groups excluding tert-OH is 1. The minimum absolute atomic E-state index is 0.119. The summed E-state index contributed by atoms with van der Waals surface area (Å²) < 4.78 is 0. The monoisotopic (exact) mass is 278 g/mol. The van der Waals surface area contributed by atoms with Gasteiger partial charge in [-0.2, -0.15) is 5.11 Å². The Hall–Kier alpha value is -3.01. The summed E-state index contributed by atoms with van der Waals surface area (Å²) in [6.45, 7) is 0. The SMILES string of the molecule is O=C(/C=C/c1ccccc1)/C(=C\O)N=Nc1ccccc1. The van der Waals surface area contributed by atoms with Crippen LogP contribution < -0.4 is 0 Å². The fourth-order valence-electron chi connectivity index (χ4n) is 1.57. The molecule has 2 rings (SSSR count). The summed E-state index contributed by atoms with van der Waals surface area (Å²) in [5, 5.41) is 16.8. The van der Waals surface area contributed by atoms with E-state index in [0.29, 0.717) is 11.9 Å². The van der Waals surface area contributed by atoms with Crippen LogP contribution in [0.3, 0.4) is 0 Å². The molecular formula is C17H14N2O2. The molecule has 0 aromatic heterocycles. The molecule has 0 bridgehead atoms. The summed E-state index contributed by atoms with van der Waals surface area (Å²) in [5.41, 5.74) is 1.38. The first-order chi connectivity index (χ1) is 10.3. The average Bonchev–Trinajstić information content (AvgIpc) is 2.55. The molecule has 0 amide bonds. The lowest BCUT2D eigenvalue weighted by Gasteiger charge is -1.95. The molecular weight excluding hydrogens is 264 g/mol. The first-order valence-corrected chi connectivity index (χ1v) is 6.38. The van der Waals surface area contributed by atoms with E-state index in [9.17, 15) is 4.79 Å². The maximum Gasteiger partial charge on any atom is 0.209 e. The Kier molecular flexibility index (Phi) is 5.18. The van der Waals surface area contributed by atoms with Crippen molar-refractivity contribution in [3.63, 3.8) is 0 Å². The summed E-state index contributed by atoms with van der Waals surface area (Å²) in [7, 11) is 0. The van der Waals surface area contributed by atoms with E-state index in [1.807, 2.05) is 48.5 Å². The van der Waals surface area contributed by atoms with Crippen molar-refractivity contribution >= 4 is 17.5 Å². The number of allylic oxidation sites excluding steroid dienone is 1. The lowest BCUT2D eigenvalue weighted by Crippen LogP contribution is -1.95. The zero-order valence-electron chi connectivity index (χ0n) is 11.3. The molecule has 4 nitrogen and oxygen atoms in total. The van der Waals surface area contributed by atoms with E-state index in [1.54, 1.807) is 18.2 Å². The van der Waals surface area contributed by atoms with Crippen LogP contribution in [0.5, 0.6) is 0 Å². The Bertz CT molecular complexity index is 674. The van der Waals surface area contributed by atoms with Gasteiger partial charge in [0, 0.05) is 0 Å². The summed E-state index contributed by atoms with van der Waals surface area (Å²) in [5.74, 6) is -0.416. The maximum atomic E-state index is 11.9. The molecule has 0 heterocycles. The van der Waals surface area contributed by atoms with E-state index in [4.69, 9.17) is 5.11 Å². The lowest BCUT2D eigenvalue weighted by atomic mass is 10.2. The van der Waals surface area contributed by atoms with Crippen molar-refractivity contribution in [1.29, 1.82) is 0 Å². The van der Waals surface area contributed by atoms with E-state index in [1.165, 1.54) is 6.08 Å². The van der Waals surface area contributed by atoms with Crippen molar-refractivity contribution in [3.8, 4) is 0 Å². The van der Waals surface area contributed by atoms with E-state index in [-0.39, 0.29) is 5.70 Å². The molecule has 0 unspecified atom stereocenters. The van der Waals surface area contributed by atoms with Gasteiger partial charge in [-0.05, 0) is 23.8 Å². The van der Waals surface area contributed by atoms with Crippen LogP contribution in [0.4, 0.5) is 5.69 Å². The molecule has 0 spiro atoms. The molecule has 0 fully saturated rings. The van der Waals surface area contributed by atoms with Crippen LogP contribution in [0.25, 0.3) is 6.08 Å². The highest BCUT2D eigenvalue weighted by atomic mass is 16.2. The van der Waals surface area contributed by atoms with E-state index in [0.717, 1.165) is 5.56 Å². The van der Waals surface area contributed by atoms with Crippen molar-refractivity contribution in [2.24, 2.45) is 10.2 Å². The topological polar surface area (TPSA) is 62.0 Å². The number of benzene rings is 2. The Balaban J connectivity index is 2.06. The molecule has 0 radical (unpaired) electrons. The number of nitrogens with zero attached hydrogens (tertiary/aromatic N) is 2. The van der Waals surface area contributed by atoms with Crippen LogP contribution in [0.2, 0.25) is 0 Å². The molecule has 104 valence electrons. The van der Waals surface area contributed by atoms with Gasteiger partial charge in [-0.15, -0.1) is 5.11 Å². The normalized spacial score (nSPS) is 12.1. The molecule has 2 aromatic carbocycles. The minimum atomic E-state index is -0.416. The van der Waals surface area contributed by atoms with Gasteiger partial charge in [-0.25, -0.2) is 0 Å². The van der Waals surface area contributed by atoms with Crippen molar-refractivity contribution < 1.29 is 9.90 Å². The lowest BCUT2D eigenvalue weighted by molar-refractivity contribution is -0.111. The maximum absolute atomic E-state index is 11.9. The number of azo groups is 1. The van der Waals surface area contributed by atoms with Crippen molar-refractivity contribution in [2.45, 2.75) is 0 Å². The van der Waals surface area contributed by atoms with Gasteiger partial charge in [0.2, 0.25) is 5.78 Å². The van der Waals surface area contributed by atoms with Gasteiger partial charge in [0.05, 0.1) is 5.69 Å². The number of aliphatic hydroxyl groups is 1. The number of rotatable bonds is 5. The Labute approximate surface area is 122 Å². The van der Waals surface area contributed by atoms with Crippen LogP contribution >= 0.6 is 0 Å². The molecule has 0 aliphatic carbocycles. The third-order valence-corrected chi connectivity index (χ3v) is 2.63. The Morgan fingerprint density at radius 3 is 2.19 bits per heavy atom. The molecule has 0 aliphatic heterocycles. The molecule has 21 heavy (non-hydrogen) atoms. The Morgan fingerprint density at radius 1 is 0.952 bits per heavy atom. The van der Waals surface area contributed by atoms with Gasteiger partial charge < -0.3 is 5.11 Å². The minimum Gasteiger partial charge on any atom is -0.513 e. The third-order valence-electron chi connectivity index (χ3n) is 2.63.